The molecule has 0 bridgehead atoms. The van der Waals surface area contributed by atoms with Crippen molar-refractivity contribution in [3.8, 4) is 28.3 Å². The van der Waals surface area contributed by atoms with Crippen LogP contribution < -0.4 is 10.1 Å². The highest BCUT2D eigenvalue weighted by atomic mass is 19.4. The summed E-state index contributed by atoms with van der Waals surface area (Å²) >= 11 is 0. The third-order valence-electron chi connectivity index (χ3n) is 4.70. The molecule has 0 radical (unpaired) electrons. The number of hydrogen-bond donors (Lipinski definition) is 1. The Labute approximate surface area is 170 Å². The molecule has 0 saturated carbocycles. The van der Waals surface area contributed by atoms with Gasteiger partial charge in [0.15, 0.2) is 5.82 Å². The number of rotatable bonds is 4. The Morgan fingerprint density at radius 3 is 2.47 bits per heavy atom. The smallest absolute Gasteiger partial charge is 0.417 e. The van der Waals surface area contributed by atoms with Gasteiger partial charge in [-0.2, -0.15) is 13.2 Å². The Kier molecular flexibility index (Phi) is 4.99. The van der Waals surface area contributed by atoms with Crippen LogP contribution in [0.4, 0.5) is 19.0 Å². The molecule has 0 aliphatic heterocycles. The second-order valence-corrected chi connectivity index (χ2v) is 6.53. The molecule has 4 aromatic rings. The minimum Gasteiger partial charge on any atom is -0.497 e. The van der Waals surface area contributed by atoms with Gasteiger partial charge in [-0.05, 0) is 47.5 Å². The van der Waals surface area contributed by atoms with E-state index in [1.165, 1.54) is 19.2 Å². The highest BCUT2D eigenvalue weighted by molar-refractivity contribution is 5.94. The fourth-order valence-electron chi connectivity index (χ4n) is 3.25. The Bertz CT molecular complexity index is 1210. The molecule has 0 amide bonds. The Hall–Kier alpha value is -3.68. The summed E-state index contributed by atoms with van der Waals surface area (Å²) in [6.07, 6.45) is -1.21. The normalized spacial score (nSPS) is 11.5. The van der Waals surface area contributed by atoms with Crippen molar-refractivity contribution >= 4 is 16.7 Å². The number of fused-ring (bicyclic) bond motifs is 1. The first-order chi connectivity index (χ1) is 14.4. The Balaban J connectivity index is 1.89. The molecule has 0 aliphatic rings. The number of pyridine rings is 1. The van der Waals surface area contributed by atoms with E-state index in [-0.39, 0.29) is 11.3 Å². The van der Waals surface area contributed by atoms with Crippen molar-refractivity contribution in [3.05, 3.63) is 66.5 Å². The number of nitrogens with zero attached hydrogens (tertiary/aromatic N) is 3. The van der Waals surface area contributed by atoms with Gasteiger partial charge in [-0.25, -0.2) is 9.97 Å². The molecule has 4 rings (SSSR count). The van der Waals surface area contributed by atoms with Crippen LogP contribution in [0, 0.1) is 0 Å². The highest BCUT2D eigenvalue weighted by Gasteiger charge is 2.34. The Morgan fingerprint density at radius 1 is 0.967 bits per heavy atom. The van der Waals surface area contributed by atoms with Crippen LogP contribution in [0.1, 0.15) is 5.56 Å². The highest BCUT2D eigenvalue weighted by Crippen LogP contribution is 2.40. The molecule has 2 aromatic heterocycles. The van der Waals surface area contributed by atoms with E-state index >= 15 is 0 Å². The third kappa shape index (κ3) is 3.63. The topological polar surface area (TPSA) is 59.9 Å². The number of ether oxygens (including phenoxy) is 1. The van der Waals surface area contributed by atoms with Crippen molar-refractivity contribution in [1.29, 1.82) is 0 Å². The number of hydrogen-bond acceptors (Lipinski definition) is 5. The largest absolute Gasteiger partial charge is 0.497 e. The zero-order chi connectivity index (χ0) is 21.3. The molecule has 0 spiro atoms. The lowest BCUT2D eigenvalue weighted by Gasteiger charge is -2.15. The monoisotopic (exact) mass is 410 g/mol. The fraction of sp³-hybridized carbons (Fsp3) is 0.136. The number of nitrogens with one attached hydrogen (secondary N) is 1. The van der Waals surface area contributed by atoms with Crippen LogP contribution >= 0.6 is 0 Å². The number of benzene rings is 2. The van der Waals surface area contributed by atoms with Crippen LogP contribution in [0.25, 0.3) is 33.4 Å². The van der Waals surface area contributed by atoms with Crippen molar-refractivity contribution in [2.45, 2.75) is 6.18 Å². The molecule has 30 heavy (non-hydrogen) atoms. The molecule has 2 heterocycles. The van der Waals surface area contributed by atoms with Gasteiger partial charge >= 0.3 is 6.18 Å². The number of aromatic nitrogens is 3. The van der Waals surface area contributed by atoms with Crippen molar-refractivity contribution in [3.63, 3.8) is 0 Å². The van der Waals surface area contributed by atoms with E-state index in [4.69, 9.17) is 4.74 Å². The predicted octanol–water partition coefficient (Wildman–Crippen LogP) is 5.43. The standard InChI is InChI=1S/C22H17F3N4O/c1-26-21-17-10-13(16-7-6-15(30-2)11-18(16)22(23,24)25)5-8-19(17)28-20(29-21)14-4-3-9-27-12-14/h3-12H,1-2H3,(H,26,28,29). The average Bonchev–Trinajstić information content (AvgIpc) is 2.77. The molecule has 0 fully saturated rings. The molecular weight excluding hydrogens is 393 g/mol. The van der Waals surface area contributed by atoms with Gasteiger partial charge in [0, 0.05) is 30.4 Å². The lowest BCUT2D eigenvalue weighted by atomic mass is 9.97. The summed E-state index contributed by atoms with van der Waals surface area (Å²) in [5.74, 6) is 1.14. The second kappa shape index (κ2) is 7.62. The zero-order valence-electron chi connectivity index (χ0n) is 16.2. The minimum atomic E-state index is -4.52. The van der Waals surface area contributed by atoms with Gasteiger partial charge in [0.25, 0.3) is 0 Å². The third-order valence-corrected chi connectivity index (χ3v) is 4.70. The summed E-state index contributed by atoms with van der Waals surface area (Å²) in [7, 11) is 3.04. The molecule has 1 N–H and O–H groups in total. The van der Waals surface area contributed by atoms with Gasteiger partial charge in [-0.3, -0.25) is 4.98 Å². The number of methoxy groups -OCH3 is 1. The molecule has 0 aliphatic carbocycles. The van der Waals surface area contributed by atoms with Crippen LogP contribution in [-0.2, 0) is 6.18 Å². The summed E-state index contributed by atoms with van der Waals surface area (Å²) in [6.45, 7) is 0. The maximum atomic E-state index is 13.7. The van der Waals surface area contributed by atoms with Gasteiger partial charge < -0.3 is 10.1 Å². The minimum absolute atomic E-state index is 0.0589. The van der Waals surface area contributed by atoms with Crippen molar-refractivity contribution in [2.75, 3.05) is 19.5 Å². The summed E-state index contributed by atoms with van der Waals surface area (Å²) in [5.41, 5.74) is 1.06. The first kappa shape index (κ1) is 19.6. The Morgan fingerprint density at radius 2 is 1.80 bits per heavy atom. The average molecular weight is 410 g/mol. The maximum absolute atomic E-state index is 13.7. The van der Waals surface area contributed by atoms with Crippen LogP contribution in [0.15, 0.2) is 60.9 Å². The molecule has 0 unspecified atom stereocenters. The first-order valence-corrected chi connectivity index (χ1v) is 9.06. The van der Waals surface area contributed by atoms with Crippen LogP contribution in [0.2, 0.25) is 0 Å². The SMILES string of the molecule is CNc1nc(-c2cccnc2)nc2ccc(-c3ccc(OC)cc3C(F)(F)F)cc12. The van der Waals surface area contributed by atoms with Gasteiger partial charge in [-0.15, -0.1) is 0 Å². The summed E-state index contributed by atoms with van der Waals surface area (Å²) in [5, 5.41) is 3.63. The van der Waals surface area contributed by atoms with Gasteiger partial charge in [0.05, 0.1) is 18.2 Å². The van der Waals surface area contributed by atoms with E-state index in [0.717, 1.165) is 11.6 Å². The van der Waals surface area contributed by atoms with Crippen molar-refractivity contribution in [1.82, 2.24) is 15.0 Å². The van der Waals surface area contributed by atoms with E-state index < -0.39 is 11.7 Å². The fourth-order valence-corrected chi connectivity index (χ4v) is 3.25. The summed E-state index contributed by atoms with van der Waals surface area (Å²) in [4.78, 5) is 13.2. The molecular formula is C22H17F3N4O. The van der Waals surface area contributed by atoms with Crippen molar-refractivity contribution in [2.24, 2.45) is 0 Å². The molecule has 5 nitrogen and oxygen atoms in total. The number of alkyl halides is 3. The van der Waals surface area contributed by atoms with Gasteiger partial charge in [0.2, 0.25) is 0 Å². The first-order valence-electron chi connectivity index (χ1n) is 9.06. The maximum Gasteiger partial charge on any atom is 0.417 e. The van der Waals surface area contributed by atoms with E-state index in [0.29, 0.717) is 28.1 Å². The zero-order valence-corrected chi connectivity index (χ0v) is 16.2. The lowest BCUT2D eigenvalue weighted by molar-refractivity contribution is -0.137. The lowest BCUT2D eigenvalue weighted by Crippen LogP contribution is -2.07. The van der Waals surface area contributed by atoms with Crippen molar-refractivity contribution < 1.29 is 17.9 Å². The van der Waals surface area contributed by atoms with Crippen LogP contribution in [-0.4, -0.2) is 29.1 Å². The molecule has 8 heteroatoms. The molecule has 152 valence electrons. The quantitative estimate of drug-likeness (QED) is 0.486. The number of anilines is 1. The van der Waals surface area contributed by atoms with Gasteiger partial charge in [0.1, 0.15) is 11.6 Å². The number of halogens is 3. The van der Waals surface area contributed by atoms with Crippen LogP contribution in [0.5, 0.6) is 5.75 Å². The van der Waals surface area contributed by atoms with E-state index in [1.807, 2.05) is 6.07 Å². The summed E-state index contributed by atoms with van der Waals surface area (Å²) < 4.78 is 45.9. The predicted molar refractivity (Wildman–Crippen MR) is 109 cm³/mol. The molecule has 0 atom stereocenters. The van der Waals surface area contributed by atoms with E-state index in [1.54, 1.807) is 43.7 Å². The summed E-state index contributed by atoms with van der Waals surface area (Å²) in [6, 6.07) is 12.5. The van der Waals surface area contributed by atoms with E-state index in [2.05, 4.69) is 20.3 Å². The van der Waals surface area contributed by atoms with E-state index in [9.17, 15) is 13.2 Å². The molecule has 2 aromatic carbocycles. The molecule has 0 saturated heterocycles. The second-order valence-electron chi connectivity index (χ2n) is 6.53. The van der Waals surface area contributed by atoms with Crippen LogP contribution in [0.3, 0.4) is 0 Å². The van der Waals surface area contributed by atoms with Gasteiger partial charge in [-0.1, -0.05) is 12.1 Å².